The fraction of sp³-hybridized carbons (Fsp3) is 0.889. The summed E-state index contributed by atoms with van der Waals surface area (Å²) in [4.78, 5) is 13.0. The van der Waals surface area contributed by atoms with Crippen LogP contribution in [-0.4, -0.2) is 48.8 Å². The Hall–Kier alpha value is -0.610. The second-order valence-electron chi connectivity index (χ2n) is 3.40. The number of carbonyl (C=O) groups is 1. The molecule has 1 rings (SSSR count). The van der Waals surface area contributed by atoms with Crippen molar-refractivity contribution >= 4 is 5.91 Å². The summed E-state index contributed by atoms with van der Waals surface area (Å²) in [5, 5.41) is 8.73. The van der Waals surface area contributed by atoms with Crippen LogP contribution in [0.3, 0.4) is 0 Å². The molecular weight excluding hydrogens is 170 g/mol. The number of nitrogens with zero attached hydrogens (tertiary/aromatic N) is 1. The molecule has 0 aliphatic carbocycles. The van der Waals surface area contributed by atoms with E-state index in [-0.39, 0.29) is 25.0 Å². The highest BCUT2D eigenvalue weighted by atomic mass is 16.5. The zero-order valence-electron chi connectivity index (χ0n) is 8.03. The van der Waals surface area contributed by atoms with Crippen molar-refractivity contribution < 1.29 is 14.6 Å². The molecule has 0 bridgehead atoms. The van der Waals surface area contributed by atoms with Crippen molar-refractivity contribution in [2.45, 2.75) is 13.3 Å². The van der Waals surface area contributed by atoms with E-state index in [0.29, 0.717) is 19.7 Å². The molecule has 0 unspecified atom stereocenters. The Kier molecular flexibility index (Phi) is 4.18. The van der Waals surface area contributed by atoms with Gasteiger partial charge in [-0.1, -0.05) is 6.92 Å². The van der Waals surface area contributed by atoms with Gasteiger partial charge in [-0.25, -0.2) is 0 Å². The van der Waals surface area contributed by atoms with Crippen LogP contribution in [0.2, 0.25) is 0 Å². The number of rotatable bonds is 5. The molecule has 1 aliphatic rings. The SMILES string of the molecule is CCCOCC(=O)N1CC(CO)C1. The van der Waals surface area contributed by atoms with Crippen LogP contribution in [0.25, 0.3) is 0 Å². The first-order valence-corrected chi connectivity index (χ1v) is 4.74. The van der Waals surface area contributed by atoms with Gasteiger partial charge in [0.05, 0.1) is 0 Å². The molecule has 0 aromatic rings. The lowest BCUT2D eigenvalue weighted by atomic mass is 10.0. The fourth-order valence-electron chi connectivity index (χ4n) is 1.28. The zero-order chi connectivity index (χ0) is 9.68. The summed E-state index contributed by atoms with van der Waals surface area (Å²) in [6.07, 6.45) is 0.937. The van der Waals surface area contributed by atoms with Crippen molar-refractivity contribution in [2.75, 3.05) is 32.9 Å². The largest absolute Gasteiger partial charge is 0.396 e. The summed E-state index contributed by atoms with van der Waals surface area (Å²) in [5.74, 6) is 0.327. The van der Waals surface area contributed by atoms with E-state index in [4.69, 9.17) is 9.84 Å². The van der Waals surface area contributed by atoms with Gasteiger partial charge in [0, 0.05) is 32.2 Å². The average Bonchev–Trinajstić information content (AvgIpc) is 2.03. The maximum absolute atomic E-state index is 11.3. The van der Waals surface area contributed by atoms with Crippen LogP contribution in [0.4, 0.5) is 0 Å². The fourth-order valence-corrected chi connectivity index (χ4v) is 1.28. The minimum absolute atomic E-state index is 0.0400. The van der Waals surface area contributed by atoms with Gasteiger partial charge in [-0.3, -0.25) is 4.79 Å². The Morgan fingerprint density at radius 3 is 2.85 bits per heavy atom. The highest BCUT2D eigenvalue weighted by molar-refractivity contribution is 5.78. The number of hydrogen-bond acceptors (Lipinski definition) is 3. The van der Waals surface area contributed by atoms with Crippen LogP contribution >= 0.6 is 0 Å². The van der Waals surface area contributed by atoms with Gasteiger partial charge in [0.15, 0.2) is 0 Å². The predicted molar refractivity (Wildman–Crippen MR) is 48.3 cm³/mol. The van der Waals surface area contributed by atoms with Gasteiger partial charge in [-0.15, -0.1) is 0 Å². The first-order valence-electron chi connectivity index (χ1n) is 4.74. The Balaban J connectivity index is 2.05. The van der Waals surface area contributed by atoms with Crippen LogP contribution in [0.15, 0.2) is 0 Å². The number of likely N-dealkylation sites (tertiary alicyclic amines) is 1. The number of carbonyl (C=O) groups excluding carboxylic acids is 1. The summed E-state index contributed by atoms with van der Waals surface area (Å²) in [7, 11) is 0. The number of amides is 1. The van der Waals surface area contributed by atoms with Crippen LogP contribution < -0.4 is 0 Å². The van der Waals surface area contributed by atoms with Crippen LogP contribution in [0, 0.1) is 5.92 Å². The third-order valence-corrected chi connectivity index (χ3v) is 2.14. The molecule has 13 heavy (non-hydrogen) atoms. The van der Waals surface area contributed by atoms with Gasteiger partial charge in [0.2, 0.25) is 5.91 Å². The standard InChI is InChI=1S/C9H17NO3/c1-2-3-13-7-9(12)10-4-8(5-10)6-11/h8,11H,2-7H2,1H3. The molecular formula is C9H17NO3. The van der Waals surface area contributed by atoms with E-state index in [2.05, 4.69) is 0 Å². The molecule has 1 heterocycles. The van der Waals surface area contributed by atoms with Gasteiger partial charge in [-0.05, 0) is 6.42 Å². The molecule has 0 radical (unpaired) electrons. The minimum atomic E-state index is 0.0400. The summed E-state index contributed by atoms with van der Waals surface area (Å²) in [5.41, 5.74) is 0. The maximum atomic E-state index is 11.3. The monoisotopic (exact) mass is 187 g/mol. The van der Waals surface area contributed by atoms with Crippen molar-refractivity contribution in [3.05, 3.63) is 0 Å². The third-order valence-electron chi connectivity index (χ3n) is 2.14. The van der Waals surface area contributed by atoms with Crippen molar-refractivity contribution in [2.24, 2.45) is 5.92 Å². The van der Waals surface area contributed by atoms with E-state index in [1.807, 2.05) is 6.92 Å². The molecule has 0 atom stereocenters. The van der Waals surface area contributed by atoms with Crippen molar-refractivity contribution in [1.29, 1.82) is 0 Å². The van der Waals surface area contributed by atoms with E-state index in [1.165, 1.54) is 0 Å². The van der Waals surface area contributed by atoms with Crippen LogP contribution in [0.5, 0.6) is 0 Å². The van der Waals surface area contributed by atoms with Crippen molar-refractivity contribution in [3.8, 4) is 0 Å². The van der Waals surface area contributed by atoms with E-state index < -0.39 is 0 Å². The lowest BCUT2D eigenvalue weighted by molar-refractivity contribution is -0.143. The lowest BCUT2D eigenvalue weighted by Gasteiger charge is -2.38. The summed E-state index contributed by atoms with van der Waals surface area (Å²) in [6, 6.07) is 0. The van der Waals surface area contributed by atoms with Crippen LogP contribution in [0.1, 0.15) is 13.3 Å². The van der Waals surface area contributed by atoms with Crippen molar-refractivity contribution in [1.82, 2.24) is 4.90 Å². The molecule has 4 nitrogen and oxygen atoms in total. The molecule has 0 spiro atoms. The molecule has 1 N–H and O–H groups in total. The quantitative estimate of drug-likeness (QED) is 0.610. The van der Waals surface area contributed by atoms with Gasteiger partial charge in [0.25, 0.3) is 0 Å². The molecule has 0 aromatic carbocycles. The van der Waals surface area contributed by atoms with E-state index >= 15 is 0 Å². The summed E-state index contributed by atoms with van der Waals surface area (Å²) < 4.78 is 5.12. The number of aliphatic hydroxyl groups excluding tert-OH is 1. The first-order chi connectivity index (χ1) is 6.27. The average molecular weight is 187 g/mol. The van der Waals surface area contributed by atoms with E-state index in [0.717, 1.165) is 6.42 Å². The highest BCUT2D eigenvalue weighted by Gasteiger charge is 2.29. The van der Waals surface area contributed by atoms with Crippen molar-refractivity contribution in [3.63, 3.8) is 0 Å². The molecule has 76 valence electrons. The van der Waals surface area contributed by atoms with Gasteiger partial charge >= 0.3 is 0 Å². The van der Waals surface area contributed by atoms with E-state index in [1.54, 1.807) is 4.90 Å². The molecule has 0 saturated carbocycles. The minimum Gasteiger partial charge on any atom is -0.396 e. The summed E-state index contributed by atoms with van der Waals surface area (Å²) >= 11 is 0. The smallest absolute Gasteiger partial charge is 0.248 e. The summed E-state index contributed by atoms with van der Waals surface area (Å²) in [6.45, 7) is 4.39. The molecule has 0 aromatic heterocycles. The lowest BCUT2D eigenvalue weighted by Crippen LogP contribution is -2.52. The Labute approximate surface area is 78.5 Å². The van der Waals surface area contributed by atoms with Gasteiger partial charge in [-0.2, -0.15) is 0 Å². The Bertz CT molecular complexity index is 166. The Morgan fingerprint density at radius 2 is 2.31 bits per heavy atom. The molecule has 1 aliphatic heterocycles. The predicted octanol–water partition coefficient (Wildman–Crippen LogP) is -0.136. The van der Waals surface area contributed by atoms with Crippen LogP contribution in [-0.2, 0) is 9.53 Å². The van der Waals surface area contributed by atoms with Gasteiger partial charge in [0.1, 0.15) is 6.61 Å². The maximum Gasteiger partial charge on any atom is 0.248 e. The second-order valence-corrected chi connectivity index (χ2v) is 3.40. The number of aliphatic hydroxyl groups is 1. The number of ether oxygens (including phenoxy) is 1. The molecule has 4 heteroatoms. The molecule has 1 amide bonds. The second kappa shape index (κ2) is 5.19. The highest BCUT2D eigenvalue weighted by Crippen LogP contribution is 2.14. The number of hydrogen-bond donors (Lipinski definition) is 1. The first kappa shape index (κ1) is 10.5. The van der Waals surface area contributed by atoms with Gasteiger partial charge < -0.3 is 14.7 Å². The zero-order valence-corrected chi connectivity index (χ0v) is 8.03. The topological polar surface area (TPSA) is 49.8 Å². The Morgan fingerprint density at radius 1 is 1.62 bits per heavy atom. The normalized spacial score (nSPS) is 17.2. The molecule has 1 fully saturated rings. The van der Waals surface area contributed by atoms with E-state index in [9.17, 15) is 4.79 Å². The molecule has 1 saturated heterocycles. The third kappa shape index (κ3) is 2.97.